The van der Waals surface area contributed by atoms with Crippen molar-refractivity contribution in [3.63, 3.8) is 0 Å². The monoisotopic (exact) mass is 255 g/mol. The van der Waals surface area contributed by atoms with E-state index in [0.29, 0.717) is 17.2 Å². The third-order valence-electron chi connectivity index (χ3n) is 3.10. The lowest BCUT2D eigenvalue weighted by Crippen LogP contribution is -2.09. The molecule has 2 rings (SSSR count). The second-order valence-corrected chi connectivity index (χ2v) is 4.41. The van der Waals surface area contributed by atoms with E-state index in [1.54, 1.807) is 4.68 Å². The average molecular weight is 255 g/mol. The molecule has 1 heterocycles. The Balaban J connectivity index is 2.38. The molecule has 0 bridgehead atoms. The molecule has 0 radical (unpaired) electrons. The van der Waals surface area contributed by atoms with Gasteiger partial charge in [-0.2, -0.15) is 10.4 Å². The molecule has 5 nitrogen and oxygen atoms in total. The fourth-order valence-corrected chi connectivity index (χ4v) is 1.81. The summed E-state index contributed by atoms with van der Waals surface area (Å²) in [5.41, 5.74) is 7.26. The first kappa shape index (κ1) is 13.0. The number of anilines is 3. The molecule has 0 aliphatic carbocycles. The topological polar surface area (TPSA) is 79.7 Å². The molecule has 1 aromatic heterocycles. The van der Waals surface area contributed by atoms with Gasteiger partial charge in [0.1, 0.15) is 17.5 Å². The highest BCUT2D eigenvalue weighted by molar-refractivity contribution is 5.69. The molecule has 0 fully saturated rings. The number of rotatable bonds is 4. The van der Waals surface area contributed by atoms with Crippen LogP contribution in [0.5, 0.6) is 0 Å². The third kappa shape index (κ3) is 2.52. The molecule has 98 valence electrons. The summed E-state index contributed by atoms with van der Waals surface area (Å²) < 4.78 is 1.70. The summed E-state index contributed by atoms with van der Waals surface area (Å²) in [6.45, 7) is 4.08. The Morgan fingerprint density at radius 3 is 2.68 bits per heavy atom. The van der Waals surface area contributed by atoms with Gasteiger partial charge < -0.3 is 11.1 Å². The Bertz CT molecular complexity index is 594. The van der Waals surface area contributed by atoms with Crippen LogP contribution < -0.4 is 11.1 Å². The maximum absolute atomic E-state index is 9.22. The van der Waals surface area contributed by atoms with E-state index in [4.69, 9.17) is 5.73 Å². The van der Waals surface area contributed by atoms with Gasteiger partial charge in [-0.15, -0.1) is 0 Å². The van der Waals surface area contributed by atoms with Gasteiger partial charge in [-0.3, -0.25) is 0 Å². The van der Waals surface area contributed by atoms with Gasteiger partial charge in [-0.1, -0.05) is 25.1 Å². The first-order valence-electron chi connectivity index (χ1n) is 6.27. The summed E-state index contributed by atoms with van der Waals surface area (Å²) >= 11 is 0. The molecular weight excluding hydrogens is 238 g/mol. The van der Waals surface area contributed by atoms with E-state index in [2.05, 4.69) is 23.4 Å². The number of nitriles is 1. The molecule has 0 aliphatic rings. The van der Waals surface area contributed by atoms with E-state index in [0.717, 1.165) is 12.1 Å². The fraction of sp³-hybridized carbons (Fsp3) is 0.286. The van der Waals surface area contributed by atoms with Crippen molar-refractivity contribution in [2.75, 3.05) is 11.1 Å². The molecule has 5 heteroatoms. The molecule has 19 heavy (non-hydrogen) atoms. The molecule has 2 aromatic rings. The predicted octanol–water partition coefficient (Wildman–Crippen LogP) is 3.05. The molecule has 1 atom stereocenters. The molecule has 1 aromatic carbocycles. The number of nitrogens with one attached hydrogen (secondary N) is 1. The third-order valence-corrected chi connectivity index (χ3v) is 3.10. The van der Waals surface area contributed by atoms with Crippen LogP contribution in [-0.4, -0.2) is 9.78 Å². The van der Waals surface area contributed by atoms with Crippen LogP contribution in [0.1, 0.15) is 31.9 Å². The SMILES string of the molecule is CCC(C)n1nc(Nc2ccccc2)c(C#N)c1N. The van der Waals surface area contributed by atoms with Crippen molar-refractivity contribution in [1.82, 2.24) is 9.78 Å². The normalized spacial score (nSPS) is 11.8. The van der Waals surface area contributed by atoms with Gasteiger partial charge in [-0.05, 0) is 25.5 Å². The second-order valence-electron chi connectivity index (χ2n) is 4.41. The Labute approximate surface area is 112 Å². The van der Waals surface area contributed by atoms with Crippen LogP contribution in [0.4, 0.5) is 17.3 Å². The van der Waals surface area contributed by atoms with Gasteiger partial charge in [0.15, 0.2) is 5.82 Å². The number of nitrogens with two attached hydrogens (primary N) is 1. The lowest BCUT2D eigenvalue weighted by Gasteiger charge is -2.10. The van der Waals surface area contributed by atoms with E-state index in [1.165, 1.54) is 0 Å². The quantitative estimate of drug-likeness (QED) is 0.880. The summed E-state index contributed by atoms with van der Waals surface area (Å²) in [5, 5.41) is 16.8. The largest absolute Gasteiger partial charge is 0.383 e. The first-order valence-corrected chi connectivity index (χ1v) is 6.27. The highest BCUT2D eigenvalue weighted by Gasteiger charge is 2.18. The summed E-state index contributed by atoms with van der Waals surface area (Å²) in [4.78, 5) is 0. The van der Waals surface area contributed by atoms with E-state index in [1.807, 2.05) is 37.3 Å². The highest BCUT2D eigenvalue weighted by Crippen LogP contribution is 2.27. The van der Waals surface area contributed by atoms with Gasteiger partial charge in [-0.25, -0.2) is 4.68 Å². The lowest BCUT2D eigenvalue weighted by molar-refractivity contribution is 0.486. The smallest absolute Gasteiger partial charge is 0.172 e. The number of para-hydroxylation sites is 1. The van der Waals surface area contributed by atoms with E-state index in [9.17, 15) is 5.26 Å². The average Bonchev–Trinajstić information content (AvgIpc) is 2.75. The van der Waals surface area contributed by atoms with E-state index < -0.39 is 0 Å². The number of hydrogen-bond donors (Lipinski definition) is 2. The van der Waals surface area contributed by atoms with Crippen molar-refractivity contribution in [3.05, 3.63) is 35.9 Å². The van der Waals surface area contributed by atoms with E-state index in [-0.39, 0.29) is 6.04 Å². The van der Waals surface area contributed by atoms with Crippen LogP contribution in [0.25, 0.3) is 0 Å². The van der Waals surface area contributed by atoms with Gasteiger partial charge in [0.05, 0.1) is 6.04 Å². The maximum atomic E-state index is 9.22. The minimum Gasteiger partial charge on any atom is -0.383 e. The predicted molar refractivity (Wildman–Crippen MR) is 76.1 cm³/mol. The minimum atomic E-state index is 0.165. The Hall–Kier alpha value is -2.48. The first-order chi connectivity index (χ1) is 9.17. The van der Waals surface area contributed by atoms with Crippen molar-refractivity contribution in [2.24, 2.45) is 0 Å². The Morgan fingerprint density at radius 1 is 1.42 bits per heavy atom. The summed E-state index contributed by atoms with van der Waals surface area (Å²) in [5.74, 6) is 0.918. The number of aromatic nitrogens is 2. The molecule has 0 spiro atoms. The summed E-state index contributed by atoms with van der Waals surface area (Å²) in [6, 6.07) is 11.9. The maximum Gasteiger partial charge on any atom is 0.172 e. The Morgan fingerprint density at radius 2 is 2.11 bits per heavy atom. The standard InChI is InChI=1S/C14H17N5/c1-3-10(2)19-13(16)12(9-15)14(18-19)17-11-7-5-4-6-8-11/h4-8,10H,3,16H2,1-2H3,(H,17,18). The fourth-order valence-electron chi connectivity index (χ4n) is 1.81. The van der Waals surface area contributed by atoms with Gasteiger partial charge in [0.25, 0.3) is 0 Å². The van der Waals surface area contributed by atoms with Crippen LogP contribution in [0.15, 0.2) is 30.3 Å². The number of nitrogen functional groups attached to an aromatic ring is 1. The zero-order valence-electron chi connectivity index (χ0n) is 11.1. The highest BCUT2D eigenvalue weighted by atomic mass is 15.4. The Kier molecular flexibility index (Phi) is 3.71. The van der Waals surface area contributed by atoms with Crippen molar-refractivity contribution < 1.29 is 0 Å². The van der Waals surface area contributed by atoms with Crippen LogP contribution in [-0.2, 0) is 0 Å². The molecule has 3 N–H and O–H groups in total. The van der Waals surface area contributed by atoms with Gasteiger partial charge >= 0.3 is 0 Å². The minimum absolute atomic E-state index is 0.165. The second kappa shape index (κ2) is 5.44. The molecule has 0 aliphatic heterocycles. The van der Waals surface area contributed by atoms with Crippen molar-refractivity contribution in [2.45, 2.75) is 26.3 Å². The van der Waals surface area contributed by atoms with Crippen LogP contribution in [0, 0.1) is 11.3 Å². The molecule has 0 amide bonds. The zero-order valence-corrected chi connectivity index (χ0v) is 11.1. The summed E-state index contributed by atoms with van der Waals surface area (Å²) in [6.07, 6.45) is 0.904. The molecule has 0 saturated heterocycles. The van der Waals surface area contributed by atoms with Crippen molar-refractivity contribution in [1.29, 1.82) is 5.26 Å². The zero-order chi connectivity index (χ0) is 13.8. The number of nitrogens with zero attached hydrogens (tertiary/aromatic N) is 3. The van der Waals surface area contributed by atoms with Crippen LogP contribution in [0.3, 0.4) is 0 Å². The van der Waals surface area contributed by atoms with Crippen LogP contribution >= 0.6 is 0 Å². The van der Waals surface area contributed by atoms with Gasteiger partial charge in [0, 0.05) is 5.69 Å². The number of benzene rings is 1. The number of hydrogen-bond acceptors (Lipinski definition) is 4. The lowest BCUT2D eigenvalue weighted by atomic mass is 10.2. The van der Waals surface area contributed by atoms with Crippen molar-refractivity contribution in [3.8, 4) is 6.07 Å². The summed E-state index contributed by atoms with van der Waals surface area (Å²) in [7, 11) is 0. The van der Waals surface area contributed by atoms with Crippen molar-refractivity contribution >= 4 is 17.3 Å². The van der Waals surface area contributed by atoms with Gasteiger partial charge in [0.2, 0.25) is 0 Å². The molecular formula is C14H17N5. The van der Waals surface area contributed by atoms with Crippen LogP contribution in [0.2, 0.25) is 0 Å². The molecule has 1 unspecified atom stereocenters. The van der Waals surface area contributed by atoms with E-state index >= 15 is 0 Å². The molecule has 0 saturated carbocycles.